The molecule has 3 heteroatoms. The zero-order chi connectivity index (χ0) is 7.84. The molecule has 0 atom stereocenters. The number of rotatable bonds is 0. The van der Waals surface area contributed by atoms with Crippen LogP contribution < -0.4 is 0 Å². The van der Waals surface area contributed by atoms with E-state index in [1.165, 1.54) is 13.9 Å². The van der Waals surface area contributed by atoms with Crippen LogP contribution in [0, 0.1) is 0 Å². The fraction of sp³-hybridized carbons (Fsp3) is 0. The molecule has 0 fully saturated rings. The SMILES string of the molecule is Brc1ccc2sc(Br)cc2c1. The van der Waals surface area contributed by atoms with E-state index < -0.39 is 0 Å². The molecule has 0 N–H and O–H groups in total. The van der Waals surface area contributed by atoms with E-state index in [0.717, 1.165) is 4.47 Å². The van der Waals surface area contributed by atoms with Crippen molar-refractivity contribution >= 4 is 53.3 Å². The standard InChI is InChI=1S/C8H4Br2S/c9-6-1-2-7-5(3-6)4-8(10)11-7/h1-4H. The minimum Gasteiger partial charge on any atom is -0.128 e. The van der Waals surface area contributed by atoms with Gasteiger partial charge < -0.3 is 0 Å². The summed E-state index contributed by atoms with van der Waals surface area (Å²) in [4.78, 5) is 0. The molecule has 1 aromatic heterocycles. The Kier molecular flexibility index (Phi) is 2.04. The topological polar surface area (TPSA) is 0 Å². The van der Waals surface area contributed by atoms with E-state index >= 15 is 0 Å². The largest absolute Gasteiger partial charge is 0.128 e. The molecule has 0 aliphatic carbocycles. The van der Waals surface area contributed by atoms with Crippen LogP contribution in [-0.4, -0.2) is 0 Å². The zero-order valence-electron chi connectivity index (χ0n) is 5.47. The Morgan fingerprint density at radius 2 is 1.91 bits per heavy atom. The number of hydrogen-bond donors (Lipinski definition) is 0. The lowest BCUT2D eigenvalue weighted by Gasteiger charge is -1.88. The first-order chi connectivity index (χ1) is 5.25. The minimum atomic E-state index is 1.13. The van der Waals surface area contributed by atoms with Gasteiger partial charge in [-0.15, -0.1) is 11.3 Å². The first kappa shape index (κ1) is 7.77. The molecule has 2 aromatic rings. The Labute approximate surface area is 85.5 Å². The predicted molar refractivity (Wildman–Crippen MR) is 57.2 cm³/mol. The van der Waals surface area contributed by atoms with Crippen molar-refractivity contribution in [2.24, 2.45) is 0 Å². The molecule has 0 bridgehead atoms. The van der Waals surface area contributed by atoms with Crippen molar-refractivity contribution in [3.63, 3.8) is 0 Å². The lowest BCUT2D eigenvalue weighted by Crippen LogP contribution is -1.61. The second-order valence-corrected chi connectivity index (χ2v) is 5.61. The molecule has 0 saturated heterocycles. The molecular weight excluding hydrogens is 288 g/mol. The van der Waals surface area contributed by atoms with Gasteiger partial charge in [0.05, 0.1) is 3.79 Å². The van der Waals surface area contributed by atoms with Gasteiger partial charge in [-0.05, 0) is 45.6 Å². The normalized spacial score (nSPS) is 10.7. The third-order valence-corrected chi connectivity index (χ3v) is 3.56. The molecule has 11 heavy (non-hydrogen) atoms. The van der Waals surface area contributed by atoms with Gasteiger partial charge >= 0.3 is 0 Å². The molecule has 0 saturated carbocycles. The highest BCUT2D eigenvalue weighted by atomic mass is 79.9. The summed E-state index contributed by atoms with van der Waals surface area (Å²) in [5.74, 6) is 0. The summed E-state index contributed by atoms with van der Waals surface area (Å²) in [6, 6.07) is 8.43. The predicted octanol–water partition coefficient (Wildman–Crippen LogP) is 4.43. The summed E-state index contributed by atoms with van der Waals surface area (Å²) in [6.45, 7) is 0. The van der Waals surface area contributed by atoms with E-state index in [-0.39, 0.29) is 0 Å². The molecule has 0 aliphatic heterocycles. The summed E-state index contributed by atoms with van der Waals surface area (Å²) in [7, 11) is 0. The Bertz CT molecular complexity index is 392. The van der Waals surface area contributed by atoms with Gasteiger partial charge in [-0.2, -0.15) is 0 Å². The quantitative estimate of drug-likeness (QED) is 0.674. The number of hydrogen-bond acceptors (Lipinski definition) is 1. The van der Waals surface area contributed by atoms with Gasteiger partial charge in [0.25, 0.3) is 0 Å². The molecule has 1 aromatic carbocycles. The average molecular weight is 292 g/mol. The van der Waals surface area contributed by atoms with Gasteiger partial charge in [0, 0.05) is 9.17 Å². The van der Waals surface area contributed by atoms with Crippen LogP contribution in [0.4, 0.5) is 0 Å². The zero-order valence-corrected chi connectivity index (χ0v) is 9.46. The maximum atomic E-state index is 3.45. The van der Waals surface area contributed by atoms with Crippen molar-refractivity contribution in [2.75, 3.05) is 0 Å². The molecule has 0 spiro atoms. The highest BCUT2D eigenvalue weighted by Crippen LogP contribution is 2.31. The van der Waals surface area contributed by atoms with Crippen LogP contribution in [0.5, 0.6) is 0 Å². The van der Waals surface area contributed by atoms with Crippen molar-refractivity contribution in [1.82, 2.24) is 0 Å². The molecule has 2 rings (SSSR count). The molecule has 0 unspecified atom stereocenters. The maximum Gasteiger partial charge on any atom is 0.0711 e. The fourth-order valence-corrected chi connectivity index (χ4v) is 2.90. The van der Waals surface area contributed by atoms with E-state index in [0.29, 0.717) is 0 Å². The van der Waals surface area contributed by atoms with Gasteiger partial charge in [0.2, 0.25) is 0 Å². The summed E-state index contributed by atoms with van der Waals surface area (Å²) in [6.07, 6.45) is 0. The highest BCUT2D eigenvalue weighted by molar-refractivity contribution is 9.11. The summed E-state index contributed by atoms with van der Waals surface area (Å²) >= 11 is 8.64. The Balaban J connectivity index is 2.82. The second kappa shape index (κ2) is 2.88. The van der Waals surface area contributed by atoms with Gasteiger partial charge in [0.1, 0.15) is 0 Å². The monoisotopic (exact) mass is 290 g/mol. The van der Waals surface area contributed by atoms with E-state index in [9.17, 15) is 0 Å². The highest BCUT2D eigenvalue weighted by Gasteiger charge is 1.98. The van der Waals surface area contributed by atoms with E-state index in [1.54, 1.807) is 11.3 Å². The Morgan fingerprint density at radius 1 is 1.09 bits per heavy atom. The van der Waals surface area contributed by atoms with Crippen LogP contribution in [0.15, 0.2) is 32.5 Å². The van der Waals surface area contributed by atoms with Crippen molar-refractivity contribution in [1.29, 1.82) is 0 Å². The molecule has 1 heterocycles. The molecule has 0 radical (unpaired) electrons. The number of benzene rings is 1. The van der Waals surface area contributed by atoms with Gasteiger partial charge in [-0.3, -0.25) is 0 Å². The molecule has 56 valence electrons. The van der Waals surface area contributed by atoms with Crippen LogP contribution in [0.2, 0.25) is 0 Å². The van der Waals surface area contributed by atoms with Gasteiger partial charge in [-0.1, -0.05) is 15.9 Å². The lowest BCUT2D eigenvalue weighted by molar-refractivity contribution is 1.76. The van der Waals surface area contributed by atoms with Crippen molar-refractivity contribution < 1.29 is 0 Å². The van der Waals surface area contributed by atoms with E-state index in [1.807, 2.05) is 0 Å². The number of thiophene rings is 1. The summed E-state index contributed by atoms with van der Waals surface area (Å²) in [5, 5.41) is 1.29. The maximum absolute atomic E-state index is 3.45. The van der Waals surface area contributed by atoms with Crippen LogP contribution in [0.25, 0.3) is 10.1 Å². The molecule has 0 nitrogen and oxygen atoms in total. The van der Waals surface area contributed by atoms with Crippen molar-refractivity contribution in [2.45, 2.75) is 0 Å². The van der Waals surface area contributed by atoms with Gasteiger partial charge in [-0.25, -0.2) is 0 Å². The molecule has 0 amide bonds. The van der Waals surface area contributed by atoms with Crippen molar-refractivity contribution in [3.05, 3.63) is 32.5 Å². The smallest absolute Gasteiger partial charge is 0.0711 e. The van der Waals surface area contributed by atoms with E-state index in [2.05, 4.69) is 56.1 Å². The molecular formula is C8H4Br2S. The first-order valence-electron chi connectivity index (χ1n) is 3.10. The van der Waals surface area contributed by atoms with Crippen LogP contribution in [0.1, 0.15) is 0 Å². The third-order valence-electron chi connectivity index (χ3n) is 1.45. The minimum absolute atomic E-state index is 1.13. The first-order valence-corrected chi connectivity index (χ1v) is 5.50. The Hall–Kier alpha value is 0.140. The lowest BCUT2D eigenvalue weighted by atomic mass is 10.3. The number of fused-ring (bicyclic) bond motifs is 1. The van der Waals surface area contributed by atoms with Gasteiger partial charge in [0.15, 0.2) is 0 Å². The molecule has 0 aliphatic rings. The summed E-state index contributed by atoms with van der Waals surface area (Å²) < 4.78 is 3.64. The van der Waals surface area contributed by atoms with Crippen LogP contribution in [0.3, 0.4) is 0 Å². The van der Waals surface area contributed by atoms with E-state index in [4.69, 9.17) is 0 Å². The van der Waals surface area contributed by atoms with Crippen molar-refractivity contribution in [3.8, 4) is 0 Å². The fourth-order valence-electron chi connectivity index (χ4n) is 0.982. The number of halogens is 2. The van der Waals surface area contributed by atoms with Crippen LogP contribution in [-0.2, 0) is 0 Å². The average Bonchev–Trinajstić information content (AvgIpc) is 2.27. The Morgan fingerprint density at radius 3 is 2.73 bits per heavy atom. The second-order valence-electron chi connectivity index (χ2n) is 2.23. The third kappa shape index (κ3) is 1.50. The van der Waals surface area contributed by atoms with Crippen LogP contribution >= 0.6 is 43.2 Å². The summed E-state index contributed by atoms with van der Waals surface area (Å²) in [5.41, 5.74) is 0.